The highest BCUT2D eigenvalue weighted by molar-refractivity contribution is 5.80. The van der Waals surface area contributed by atoms with Crippen molar-refractivity contribution >= 4 is 11.9 Å². The summed E-state index contributed by atoms with van der Waals surface area (Å²) in [5, 5.41) is 11.5. The number of ether oxygens (including phenoxy) is 1. The van der Waals surface area contributed by atoms with Crippen molar-refractivity contribution in [3.8, 4) is 0 Å². The number of aliphatic carboxylic acids is 1. The van der Waals surface area contributed by atoms with E-state index in [1.54, 1.807) is 0 Å². The van der Waals surface area contributed by atoms with E-state index in [9.17, 15) is 9.59 Å². The molecule has 0 aromatic heterocycles. The van der Waals surface area contributed by atoms with E-state index < -0.39 is 12.1 Å². The fourth-order valence-corrected chi connectivity index (χ4v) is 2.86. The largest absolute Gasteiger partial charge is 0.481 e. The van der Waals surface area contributed by atoms with E-state index in [2.05, 4.69) is 17.5 Å². The molecule has 0 radical (unpaired) electrons. The SMILES string of the molecule is COC(CNC(=O)C1CC2C=CC1C2)CC(=O)O. The summed E-state index contributed by atoms with van der Waals surface area (Å²) < 4.78 is 5.03. The fraction of sp³-hybridized carbons (Fsp3) is 0.692. The Bertz CT molecular complexity index is 366. The lowest BCUT2D eigenvalue weighted by molar-refractivity contribution is -0.140. The van der Waals surface area contributed by atoms with Crippen LogP contribution in [-0.4, -0.2) is 36.7 Å². The zero-order valence-corrected chi connectivity index (χ0v) is 10.5. The molecule has 1 amide bonds. The number of hydrogen-bond acceptors (Lipinski definition) is 3. The lowest BCUT2D eigenvalue weighted by atomic mass is 9.93. The second kappa shape index (κ2) is 5.52. The predicted octanol–water partition coefficient (Wildman–Crippen LogP) is 0.804. The number of carbonyl (C=O) groups is 2. The number of amides is 1. The van der Waals surface area contributed by atoms with Gasteiger partial charge in [-0.1, -0.05) is 12.2 Å². The third-order valence-corrected chi connectivity index (χ3v) is 3.86. The Balaban J connectivity index is 1.77. The van der Waals surface area contributed by atoms with E-state index >= 15 is 0 Å². The molecule has 0 aromatic carbocycles. The molecule has 1 saturated carbocycles. The van der Waals surface area contributed by atoms with Crippen LogP contribution in [0.2, 0.25) is 0 Å². The second-order valence-electron chi connectivity index (χ2n) is 5.09. The van der Waals surface area contributed by atoms with Crippen LogP contribution in [0.15, 0.2) is 12.2 Å². The number of carboxylic acids is 1. The minimum atomic E-state index is -0.918. The van der Waals surface area contributed by atoms with Crippen LogP contribution >= 0.6 is 0 Å². The van der Waals surface area contributed by atoms with Gasteiger partial charge < -0.3 is 15.2 Å². The van der Waals surface area contributed by atoms with Gasteiger partial charge in [-0.15, -0.1) is 0 Å². The minimum Gasteiger partial charge on any atom is -0.481 e. The Morgan fingerprint density at radius 1 is 1.44 bits per heavy atom. The van der Waals surface area contributed by atoms with Crippen LogP contribution < -0.4 is 5.32 Å². The molecule has 0 saturated heterocycles. The van der Waals surface area contributed by atoms with Gasteiger partial charge in [0, 0.05) is 19.6 Å². The first kappa shape index (κ1) is 13.1. The van der Waals surface area contributed by atoms with Crippen molar-refractivity contribution in [3.63, 3.8) is 0 Å². The molecule has 5 nitrogen and oxygen atoms in total. The molecular formula is C13H19NO4. The minimum absolute atomic E-state index is 0.0271. The van der Waals surface area contributed by atoms with Crippen LogP contribution in [0.1, 0.15) is 19.3 Å². The maximum atomic E-state index is 12.0. The monoisotopic (exact) mass is 253 g/mol. The predicted molar refractivity (Wildman–Crippen MR) is 64.9 cm³/mol. The molecular weight excluding hydrogens is 234 g/mol. The summed E-state index contributed by atoms with van der Waals surface area (Å²) >= 11 is 0. The Hall–Kier alpha value is -1.36. The van der Waals surface area contributed by atoms with Crippen LogP contribution in [0.4, 0.5) is 0 Å². The van der Waals surface area contributed by atoms with Crippen molar-refractivity contribution in [3.05, 3.63) is 12.2 Å². The molecule has 1 fully saturated rings. The molecule has 2 N–H and O–H groups in total. The zero-order valence-electron chi connectivity index (χ0n) is 10.5. The highest BCUT2D eigenvalue weighted by Crippen LogP contribution is 2.43. The van der Waals surface area contributed by atoms with Crippen molar-refractivity contribution in [2.75, 3.05) is 13.7 Å². The van der Waals surface area contributed by atoms with Crippen LogP contribution in [0.5, 0.6) is 0 Å². The van der Waals surface area contributed by atoms with Gasteiger partial charge in [-0.05, 0) is 24.7 Å². The maximum Gasteiger partial charge on any atom is 0.306 e. The van der Waals surface area contributed by atoms with Crippen LogP contribution in [0, 0.1) is 17.8 Å². The van der Waals surface area contributed by atoms with Crippen LogP contribution in [-0.2, 0) is 14.3 Å². The average molecular weight is 253 g/mol. The van der Waals surface area contributed by atoms with E-state index in [1.165, 1.54) is 7.11 Å². The number of nitrogens with one attached hydrogen (secondary N) is 1. The Labute approximate surface area is 106 Å². The molecule has 4 atom stereocenters. The zero-order chi connectivity index (χ0) is 13.1. The molecule has 0 spiro atoms. The van der Waals surface area contributed by atoms with Gasteiger partial charge in [0.15, 0.2) is 0 Å². The Kier molecular flexibility index (Phi) is 4.01. The molecule has 0 aromatic rings. The van der Waals surface area contributed by atoms with Crippen molar-refractivity contribution in [2.45, 2.75) is 25.4 Å². The van der Waals surface area contributed by atoms with Crippen LogP contribution in [0.25, 0.3) is 0 Å². The summed E-state index contributed by atoms with van der Waals surface area (Å²) in [7, 11) is 1.46. The lowest BCUT2D eigenvalue weighted by Crippen LogP contribution is -2.39. The van der Waals surface area contributed by atoms with Gasteiger partial charge in [-0.25, -0.2) is 0 Å². The normalized spacial score (nSPS) is 30.4. The van der Waals surface area contributed by atoms with Gasteiger partial charge in [0.1, 0.15) is 0 Å². The standard InChI is InChI=1S/C13H19NO4/c1-18-10(6-12(15)16)7-14-13(17)11-5-8-2-3-9(11)4-8/h2-3,8-11H,4-7H2,1H3,(H,14,17)(H,15,16). The number of allylic oxidation sites excluding steroid dienone is 2. The van der Waals surface area contributed by atoms with Gasteiger partial charge in [-0.2, -0.15) is 0 Å². The number of rotatable bonds is 6. The summed E-state index contributed by atoms with van der Waals surface area (Å²) in [6.45, 7) is 0.263. The first-order valence-electron chi connectivity index (χ1n) is 6.30. The first-order valence-corrected chi connectivity index (χ1v) is 6.30. The smallest absolute Gasteiger partial charge is 0.306 e. The molecule has 2 aliphatic carbocycles. The van der Waals surface area contributed by atoms with Gasteiger partial charge in [0.25, 0.3) is 0 Å². The van der Waals surface area contributed by atoms with Crippen molar-refractivity contribution in [1.82, 2.24) is 5.32 Å². The average Bonchev–Trinajstić information content (AvgIpc) is 2.95. The number of carboxylic acid groups (broad SMARTS) is 1. The van der Waals surface area contributed by atoms with Gasteiger partial charge >= 0.3 is 5.97 Å². The molecule has 18 heavy (non-hydrogen) atoms. The number of carbonyl (C=O) groups excluding carboxylic acids is 1. The molecule has 100 valence electrons. The molecule has 4 unspecified atom stereocenters. The molecule has 2 aliphatic rings. The summed E-state index contributed by atoms with van der Waals surface area (Å²) in [5.41, 5.74) is 0. The third-order valence-electron chi connectivity index (χ3n) is 3.86. The summed E-state index contributed by atoms with van der Waals surface area (Å²) in [6.07, 6.45) is 5.78. The van der Waals surface area contributed by atoms with Crippen LogP contribution in [0.3, 0.4) is 0 Å². The third kappa shape index (κ3) is 2.90. The quantitative estimate of drug-likeness (QED) is 0.687. The summed E-state index contributed by atoms with van der Waals surface area (Å²) in [5.74, 6) is 0.0963. The number of methoxy groups -OCH3 is 1. The Morgan fingerprint density at radius 3 is 2.72 bits per heavy atom. The fourth-order valence-electron chi connectivity index (χ4n) is 2.86. The molecule has 5 heteroatoms. The summed E-state index contributed by atoms with van der Waals surface area (Å²) in [4.78, 5) is 22.6. The van der Waals surface area contributed by atoms with Gasteiger partial charge in [0.2, 0.25) is 5.91 Å². The molecule has 0 aliphatic heterocycles. The van der Waals surface area contributed by atoms with E-state index in [0.717, 1.165) is 12.8 Å². The number of hydrogen-bond donors (Lipinski definition) is 2. The van der Waals surface area contributed by atoms with E-state index in [-0.39, 0.29) is 24.8 Å². The highest BCUT2D eigenvalue weighted by Gasteiger charge is 2.39. The summed E-state index contributed by atoms with van der Waals surface area (Å²) in [6, 6.07) is 0. The Morgan fingerprint density at radius 2 is 2.22 bits per heavy atom. The van der Waals surface area contributed by atoms with Gasteiger partial charge in [0.05, 0.1) is 12.5 Å². The first-order chi connectivity index (χ1) is 8.60. The van der Waals surface area contributed by atoms with E-state index in [4.69, 9.17) is 9.84 Å². The van der Waals surface area contributed by atoms with E-state index in [1.807, 2.05) is 0 Å². The molecule has 0 heterocycles. The highest BCUT2D eigenvalue weighted by atomic mass is 16.5. The van der Waals surface area contributed by atoms with Gasteiger partial charge in [-0.3, -0.25) is 9.59 Å². The topological polar surface area (TPSA) is 75.6 Å². The van der Waals surface area contributed by atoms with Crippen molar-refractivity contribution in [2.24, 2.45) is 17.8 Å². The molecule has 2 rings (SSSR count). The van der Waals surface area contributed by atoms with Crippen molar-refractivity contribution in [1.29, 1.82) is 0 Å². The lowest BCUT2D eigenvalue weighted by Gasteiger charge is -2.20. The maximum absolute atomic E-state index is 12.0. The van der Waals surface area contributed by atoms with E-state index in [0.29, 0.717) is 11.8 Å². The van der Waals surface area contributed by atoms with Crippen molar-refractivity contribution < 1.29 is 19.4 Å². The number of fused-ring (bicyclic) bond motifs is 2. The second-order valence-corrected chi connectivity index (χ2v) is 5.09. The molecule has 2 bridgehead atoms.